The number of rotatable bonds is 4. The zero-order valence-electron chi connectivity index (χ0n) is 10.7. The first-order chi connectivity index (χ1) is 9.59. The van der Waals surface area contributed by atoms with E-state index in [0.717, 1.165) is 25.7 Å². The van der Waals surface area contributed by atoms with Gasteiger partial charge in [0.25, 0.3) is 0 Å². The topological polar surface area (TPSA) is 114 Å². The minimum Gasteiger partial charge on any atom is -0.388 e. The van der Waals surface area contributed by atoms with Crippen LogP contribution in [0.4, 0.5) is 11.4 Å². The molecule has 1 aromatic carbocycles. The molecule has 0 bridgehead atoms. The molecule has 0 aliphatic heterocycles. The smallest absolute Gasteiger partial charge is 0.300 e. The number of aromatic nitrogens is 2. The highest BCUT2D eigenvalue weighted by atomic mass is 16.6. The van der Waals surface area contributed by atoms with Gasteiger partial charge in [-0.3, -0.25) is 10.1 Å². The zero-order chi connectivity index (χ0) is 14.2. The summed E-state index contributed by atoms with van der Waals surface area (Å²) in [6.07, 6.45) is 3.54. The van der Waals surface area contributed by atoms with E-state index in [2.05, 4.69) is 20.3 Å². The van der Waals surface area contributed by atoms with Crippen LogP contribution in [0.15, 0.2) is 16.8 Å². The molecule has 1 saturated carbocycles. The van der Waals surface area contributed by atoms with Crippen LogP contribution in [0.3, 0.4) is 0 Å². The number of nitrogens with one attached hydrogen (secondary N) is 1. The first kappa shape index (κ1) is 12.8. The average molecular weight is 278 g/mol. The molecule has 3 rings (SSSR count). The van der Waals surface area contributed by atoms with Crippen LogP contribution in [0.5, 0.6) is 0 Å². The highest BCUT2D eigenvalue weighted by Gasteiger charge is 2.31. The van der Waals surface area contributed by atoms with Gasteiger partial charge in [0.2, 0.25) is 5.52 Å². The van der Waals surface area contributed by atoms with Gasteiger partial charge in [0.05, 0.1) is 16.2 Å². The third kappa shape index (κ3) is 2.18. The minimum absolute atomic E-state index is 0.110. The average Bonchev–Trinajstić information content (AvgIpc) is 3.05. The fourth-order valence-corrected chi connectivity index (χ4v) is 2.61. The van der Waals surface area contributed by atoms with E-state index < -0.39 is 10.5 Å². The van der Waals surface area contributed by atoms with Crippen molar-refractivity contribution in [1.82, 2.24) is 10.3 Å². The Morgan fingerprint density at radius 2 is 2.05 bits per heavy atom. The van der Waals surface area contributed by atoms with E-state index in [1.54, 1.807) is 6.07 Å². The lowest BCUT2D eigenvalue weighted by atomic mass is 10.0. The molecule has 0 amide bonds. The first-order valence-electron chi connectivity index (χ1n) is 6.45. The summed E-state index contributed by atoms with van der Waals surface area (Å²) in [4.78, 5) is 10.4. The number of fused-ring (bicyclic) bond motifs is 1. The largest absolute Gasteiger partial charge is 0.388 e. The Labute approximate surface area is 113 Å². The second kappa shape index (κ2) is 4.71. The Balaban J connectivity index is 1.87. The van der Waals surface area contributed by atoms with Crippen molar-refractivity contribution in [2.24, 2.45) is 0 Å². The summed E-state index contributed by atoms with van der Waals surface area (Å²) in [7, 11) is 0. The third-order valence-corrected chi connectivity index (χ3v) is 3.73. The van der Waals surface area contributed by atoms with Gasteiger partial charge in [0.15, 0.2) is 5.52 Å². The third-order valence-electron chi connectivity index (χ3n) is 3.73. The molecule has 0 spiro atoms. The number of hydrogen-bond donors (Lipinski definition) is 2. The number of aliphatic hydroxyl groups is 1. The molecule has 1 aliphatic rings. The number of non-ortho nitro benzene ring substituents is 1. The van der Waals surface area contributed by atoms with E-state index in [-0.39, 0.29) is 11.2 Å². The maximum absolute atomic E-state index is 10.9. The van der Waals surface area contributed by atoms with Gasteiger partial charge < -0.3 is 10.4 Å². The van der Waals surface area contributed by atoms with Crippen molar-refractivity contribution in [2.75, 3.05) is 11.9 Å². The van der Waals surface area contributed by atoms with Crippen LogP contribution >= 0.6 is 0 Å². The van der Waals surface area contributed by atoms with Gasteiger partial charge in [-0.15, -0.1) is 0 Å². The predicted molar refractivity (Wildman–Crippen MR) is 70.4 cm³/mol. The van der Waals surface area contributed by atoms with E-state index in [9.17, 15) is 15.2 Å². The van der Waals surface area contributed by atoms with Crippen LogP contribution in [0.1, 0.15) is 25.7 Å². The molecule has 1 aromatic heterocycles. The van der Waals surface area contributed by atoms with Crippen molar-refractivity contribution in [2.45, 2.75) is 31.3 Å². The van der Waals surface area contributed by atoms with Crippen molar-refractivity contribution in [3.8, 4) is 0 Å². The van der Waals surface area contributed by atoms with Gasteiger partial charge in [0, 0.05) is 12.6 Å². The molecular weight excluding hydrogens is 264 g/mol. The Morgan fingerprint density at radius 1 is 1.35 bits per heavy atom. The van der Waals surface area contributed by atoms with E-state index in [0.29, 0.717) is 17.7 Å². The molecule has 0 radical (unpaired) electrons. The number of anilines is 1. The second-order valence-corrected chi connectivity index (χ2v) is 5.14. The van der Waals surface area contributed by atoms with Crippen LogP contribution in [0, 0.1) is 10.1 Å². The van der Waals surface area contributed by atoms with Crippen LogP contribution in [-0.4, -0.2) is 32.5 Å². The first-order valence-corrected chi connectivity index (χ1v) is 6.45. The molecule has 0 atom stereocenters. The molecule has 2 aromatic rings. The molecule has 1 aliphatic carbocycles. The maximum Gasteiger partial charge on any atom is 0.300 e. The van der Waals surface area contributed by atoms with Gasteiger partial charge in [-0.1, -0.05) is 12.8 Å². The molecule has 2 N–H and O–H groups in total. The van der Waals surface area contributed by atoms with Crippen molar-refractivity contribution in [3.63, 3.8) is 0 Å². The number of nitro groups is 1. The van der Waals surface area contributed by atoms with Crippen molar-refractivity contribution >= 4 is 22.4 Å². The molecule has 1 fully saturated rings. The summed E-state index contributed by atoms with van der Waals surface area (Å²) >= 11 is 0. The zero-order valence-corrected chi connectivity index (χ0v) is 10.7. The monoisotopic (exact) mass is 278 g/mol. The minimum atomic E-state index is -0.717. The quantitative estimate of drug-likeness (QED) is 0.647. The van der Waals surface area contributed by atoms with Crippen LogP contribution in [-0.2, 0) is 0 Å². The summed E-state index contributed by atoms with van der Waals surface area (Å²) in [5.41, 5.74) is 0.128. The SMILES string of the molecule is O=[N+]([O-])c1ccc(NCC2(O)CCCC2)c2nonc12. The maximum atomic E-state index is 10.9. The van der Waals surface area contributed by atoms with Crippen molar-refractivity contribution in [3.05, 3.63) is 22.2 Å². The van der Waals surface area contributed by atoms with Gasteiger partial charge in [-0.25, -0.2) is 4.63 Å². The molecule has 20 heavy (non-hydrogen) atoms. The molecule has 1 heterocycles. The van der Waals surface area contributed by atoms with Crippen LogP contribution in [0.25, 0.3) is 11.0 Å². The molecule has 106 valence electrons. The standard InChI is InChI=1S/C12H14N4O4/c17-12(5-1-2-6-12)7-13-8-3-4-9(16(18)19)11-10(8)14-20-15-11/h3-4,13,17H,1-2,5-7H2. The summed E-state index contributed by atoms with van der Waals surface area (Å²) in [5, 5.41) is 31.5. The van der Waals surface area contributed by atoms with E-state index in [4.69, 9.17) is 0 Å². The lowest BCUT2D eigenvalue weighted by Gasteiger charge is -2.22. The lowest BCUT2D eigenvalue weighted by molar-refractivity contribution is -0.383. The van der Waals surface area contributed by atoms with Gasteiger partial charge >= 0.3 is 5.69 Å². The highest BCUT2D eigenvalue weighted by Crippen LogP contribution is 2.32. The number of benzene rings is 1. The number of nitro benzene ring substituents is 1. The summed E-state index contributed by atoms with van der Waals surface area (Å²) in [6.45, 7) is 0.382. The number of nitrogens with zero attached hydrogens (tertiary/aromatic N) is 3. The van der Waals surface area contributed by atoms with Gasteiger partial charge in [0.1, 0.15) is 0 Å². The number of hydrogen-bond acceptors (Lipinski definition) is 7. The van der Waals surface area contributed by atoms with Crippen molar-refractivity contribution < 1.29 is 14.7 Å². The molecule has 0 unspecified atom stereocenters. The van der Waals surface area contributed by atoms with Gasteiger partial charge in [-0.05, 0) is 29.2 Å². The highest BCUT2D eigenvalue weighted by molar-refractivity contribution is 5.93. The molecule has 8 nitrogen and oxygen atoms in total. The van der Waals surface area contributed by atoms with E-state index >= 15 is 0 Å². The van der Waals surface area contributed by atoms with E-state index in [1.165, 1.54) is 6.07 Å². The van der Waals surface area contributed by atoms with Crippen LogP contribution < -0.4 is 5.32 Å². The van der Waals surface area contributed by atoms with Crippen LogP contribution in [0.2, 0.25) is 0 Å². The Hall–Kier alpha value is -2.22. The summed E-state index contributed by atoms with van der Waals surface area (Å²) in [5.74, 6) is 0. The molecule has 0 saturated heterocycles. The normalized spacial score (nSPS) is 17.4. The summed E-state index contributed by atoms with van der Waals surface area (Å²) in [6, 6.07) is 2.91. The van der Waals surface area contributed by atoms with Crippen molar-refractivity contribution in [1.29, 1.82) is 0 Å². The lowest BCUT2D eigenvalue weighted by Crippen LogP contribution is -2.33. The Morgan fingerprint density at radius 3 is 2.75 bits per heavy atom. The predicted octanol–water partition coefficient (Wildman–Crippen LogP) is 1.85. The van der Waals surface area contributed by atoms with E-state index in [1.807, 2.05) is 0 Å². The molecular formula is C12H14N4O4. The summed E-state index contributed by atoms with van der Waals surface area (Å²) < 4.78 is 4.59. The van der Waals surface area contributed by atoms with Gasteiger partial charge in [-0.2, -0.15) is 0 Å². The fourth-order valence-electron chi connectivity index (χ4n) is 2.61. The Bertz CT molecular complexity index is 648. The fraction of sp³-hybridized carbons (Fsp3) is 0.500. The molecule has 8 heteroatoms. The Kier molecular flexibility index (Phi) is 3.01. The second-order valence-electron chi connectivity index (χ2n) is 5.14.